The summed E-state index contributed by atoms with van der Waals surface area (Å²) in [6.45, 7) is 6.78. The van der Waals surface area contributed by atoms with Crippen molar-refractivity contribution < 1.29 is 28.9 Å². The number of nitrogens with one attached hydrogen (secondary N) is 1. The average molecular weight is 423 g/mol. The summed E-state index contributed by atoms with van der Waals surface area (Å²) in [6.07, 6.45) is 0.649. The highest BCUT2D eigenvalue weighted by Crippen LogP contribution is 2.29. The van der Waals surface area contributed by atoms with Crippen LogP contribution in [0, 0.1) is 5.92 Å². The van der Waals surface area contributed by atoms with E-state index in [-0.39, 0.29) is 24.5 Å². The quantitative estimate of drug-likeness (QED) is 0.701. The Labute approximate surface area is 178 Å². The van der Waals surface area contributed by atoms with Crippen molar-refractivity contribution in [3.63, 3.8) is 0 Å². The number of nitrogens with zero attached hydrogens (tertiary/aromatic N) is 1. The Hall–Kier alpha value is -2.48. The molecule has 1 aromatic rings. The van der Waals surface area contributed by atoms with Gasteiger partial charge in [-0.3, -0.25) is 4.79 Å². The fourth-order valence-electron chi connectivity index (χ4n) is 3.40. The molecule has 30 heavy (non-hydrogen) atoms. The third kappa shape index (κ3) is 7.09. The summed E-state index contributed by atoms with van der Waals surface area (Å²) in [6, 6.07) is 5.16. The maximum atomic E-state index is 12.3. The van der Waals surface area contributed by atoms with Gasteiger partial charge in [-0.25, -0.2) is 4.79 Å². The summed E-state index contributed by atoms with van der Waals surface area (Å²) >= 11 is 0. The molecule has 0 bridgehead atoms. The van der Waals surface area contributed by atoms with Crippen LogP contribution in [0.1, 0.15) is 51.7 Å². The Morgan fingerprint density at radius 1 is 1.20 bits per heavy atom. The van der Waals surface area contributed by atoms with Crippen LogP contribution in [0.5, 0.6) is 11.5 Å². The fourth-order valence-corrected chi connectivity index (χ4v) is 3.40. The molecule has 2 rings (SSSR count). The number of hydrogen-bond donors (Lipinski definition) is 2. The van der Waals surface area contributed by atoms with E-state index in [1.165, 1.54) is 7.11 Å². The van der Waals surface area contributed by atoms with Crippen molar-refractivity contribution in [2.45, 2.75) is 51.7 Å². The molecule has 1 aliphatic heterocycles. The number of benzene rings is 1. The summed E-state index contributed by atoms with van der Waals surface area (Å²) < 4.78 is 15.9. The van der Waals surface area contributed by atoms with E-state index in [1.54, 1.807) is 30.2 Å². The van der Waals surface area contributed by atoms with Crippen LogP contribution >= 0.6 is 0 Å². The van der Waals surface area contributed by atoms with Gasteiger partial charge in [-0.1, -0.05) is 0 Å². The lowest BCUT2D eigenvalue weighted by Gasteiger charge is -2.33. The van der Waals surface area contributed by atoms with Crippen LogP contribution < -0.4 is 14.8 Å². The molecular formula is C22H34N2O6. The van der Waals surface area contributed by atoms with Crippen molar-refractivity contribution >= 4 is 12.0 Å². The topological polar surface area (TPSA) is 97.3 Å². The molecule has 0 spiro atoms. The second kappa shape index (κ2) is 10.5. The number of carbonyl (C=O) groups excluding carboxylic acids is 2. The van der Waals surface area contributed by atoms with E-state index in [4.69, 9.17) is 14.2 Å². The second-order valence-corrected chi connectivity index (χ2v) is 8.54. The monoisotopic (exact) mass is 422 g/mol. The van der Waals surface area contributed by atoms with E-state index in [2.05, 4.69) is 5.32 Å². The lowest BCUT2D eigenvalue weighted by molar-refractivity contribution is -0.122. The Morgan fingerprint density at radius 3 is 2.43 bits per heavy atom. The summed E-state index contributed by atoms with van der Waals surface area (Å²) in [5, 5.41) is 13.3. The molecule has 8 heteroatoms. The lowest BCUT2D eigenvalue weighted by atomic mass is 9.93. The van der Waals surface area contributed by atoms with E-state index in [9.17, 15) is 14.7 Å². The van der Waals surface area contributed by atoms with Crippen LogP contribution in [-0.4, -0.2) is 61.5 Å². The fraction of sp³-hybridized carbons (Fsp3) is 0.636. The number of aliphatic hydroxyl groups is 1. The minimum absolute atomic E-state index is 0.0825. The SMILES string of the molecule is COc1ccc(OC)c(C(O)CNC(=O)CC2CCN(C(=O)OC(C)(C)C)CC2)c1. The first-order valence-electron chi connectivity index (χ1n) is 10.3. The molecule has 1 aromatic carbocycles. The first-order chi connectivity index (χ1) is 14.1. The molecule has 2 N–H and O–H groups in total. The van der Waals surface area contributed by atoms with E-state index in [1.807, 2.05) is 20.8 Å². The minimum Gasteiger partial charge on any atom is -0.497 e. The Balaban J connectivity index is 1.79. The van der Waals surface area contributed by atoms with Crippen molar-refractivity contribution in [3.05, 3.63) is 23.8 Å². The van der Waals surface area contributed by atoms with Crippen molar-refractivity contribution in [1.29, 1.82) is 0 Å². The molecule has 0 radical (unpaired) electrons. The Morgan fingerprint density at radius 2 is 1.87 bits per heavy atom. The largest absolute Gasteiger partial charge is 0.497 e. The van der Waals surface area contributed by atoms with Gasteiger partial charge in [-0.15, -0.1) is 0 Å². The average Bonchev–Trinajstić information content (AvgIpc) is 2.70. The van der Waals surface area contributed by atoms with Crippen molar-refractivity contribution in [2.24, 2.45) is 5.92 Å². The number of rotatable bonds is 7. The molecule has 1 fully saturated rings. The van der Waals surface area contributed by atoms with Gasteiger partial charge >= 0.3 is 6.09 Å². The smallest absolute Gasteiger partial charge is 0.410 e. The maximum absolute atomic E-state index is 12.3. The zero-order chi connectivity index (χ0) is 22.3. The molecule has 1 unspecified atom stereocenters. The number of amides is 2. The lowest BCUT2D eigenvalue weighted by Crippen LogP contribution is -2.42. The van der Waals surface area contributed by atoms with Crippen LogP contribution in [0.15, 0.2) is 18.2 Å². The molecular weight excluding hydrogens is 388 g/mol. The van der Waals surface area contributed by atoms with Gasteiger partial charge in [0, 0.05) is 31.6 Å². The van der Waals surface area contributed by atoms with Crippen LogP contribution in [-0.2, 0) is 9.53 Å². The molecule has 8 nitrogen and oxygen atoms in total. The van der Waals surface area contributed by atoms with Crippen molar-refractivity contribution in [3.8, 4) is 11.5 Å². The Kier molecular flexibility index (Phi) is 8.34. The number of carbonyl (C=O) groups is 2. The zero-order valence-electron chi connectivity index (χ0n) is 18.6. The van der Waals surface area contributed by atoms with E-state index in [0.717, 1.165) is 12.8 Å². The van der Waals surface area contributed by atoms with E-state index < -0.39 is 11.7 Å². The van der Waals surface area contributed by atoms with Crippen LogP contribution in [0.2, 0.25) is 0 Å². The highest BCUT2D eigenvalue weighted by Gasteiger charge is 2.28. The molecule has 2 amide bonds. The molecule has 1 saturated heterocycles. The van der Waals surface area contributed by atoms with Gasteiger partial charge < -0.3 is 29.5 Å². The molecule has 0 aliphatic carbocycles. The number of ether oxygens (including phenoxy) is 3. The van der Waals surface area contributed by atoms with Crippen LogP contribution in [0.3, 0.4) is 0 Å². The third-order valence-corrected chi connectivity index (χ3v) is 5.03. The van der Waals surface area contributed by atoms with E-state index in [0.29, 0.717) is 36.6 Å². The Bertz CT molecular complexity index is 723. The van der Waals surface area contributed by atoms with E-state index >= 15 is 0 Å². The molecule has 1 aliphatic rings. The van der Waals surface area contributed by atoms with Gasteiger partial charge in [0.15, 0.2) is 0 Å². The summed E-state index contributed by atoms with van der Waals surface area (Å²) in [4.78, 5) is 26.2. The van der Waals surface area contributed by atoms with Gasteiger partial charge in [0.25, 0.3) is 0 Å². The number of likely N-dealkylation sites (tertiary alicyclic amines) is 1. The molecule has 1 heterocycles. The van der Waals surface area contributed by atoms with Crippen molar-refractivity contribution in [1.82, 2.24) is 10.2 Å². The highest BCUT2D eigenvalue weighted by molar-refractivity contribution is 5.76. The predicted octanol–water partition coefficient (Wildman–Crippen LogP) is 2.89. The normalized spacial score (nSPS) is 16.0. The zero-order valence-corrected chi connectivity index (χ0v) is 18.6. The first kappa shape index (κ1) is 23.8. The second-order valence-electron chi connectivity index (χ2n) is 8.54. The van der Waals surface area contributed by atoms with Gasteiger partial charge in [-0.05, 0) is 57.7 Å². The third-order valence-electron chi connectivity index (χ3n) is 5.03. The standard InChI is InChI=1S/C22H34N2O6/c1-22(2,3)30-21(27)24-10-8-15(9-11-24)12-20(26)23-14-18(25)17-13-16(28-4)6-7-19(17)29-5/h6-7,13,15,18,25H,8-12,14H2,1-5H3,(H,23,26). The molecule has 0 saturated carbocycles. The summed E-state index contributed by atoms with van der Waals surface area (Å²) in [5.74, 6) is 1.22. The number of methoxy groups -OCH3 is 2. The predicted molar refractivity (Wildman–Crippen MR) is 113 cm³/mol. The highest BCUT2D eigenvalue weighted by atomic mass is 16.6. The van der Waals surface area contributed by atoms with Gasteiger partial charge in [0.05, 0.1) is 20.3 Å². The number of piperidine rings is 1. The number of hydrogen-bond acceptors (Lipinski definition) is 6. The minimum atomic E-state index is -0.909. The molecule has 1 atom stereocenters. The molecule has 168 valence electrons. The van der Waals surface area contributed by atoms with Crippen LogP contribution in [0.25, 0.3) is 0 Å². The molecule has 0 aromatic heterocycles. The maximum Gasteiger partial charge on any atom is 0.410 e. The van der Waals surface area contributed by atoms with Gasteiger partial charge in [0.2, 0.25) is 5.91 Å². The number of aliphatic hydroxyl groups excluding tert-OH is 1. The summed E-state index contributed by atoms with van der Waals surface area (Å²) in [7, 11) is 3.08. The van der Waals surface area contributed by atoms with Crippen molar-refractivity contribution in [2.75, 3.05) is 33.9 Å². The van der Waals surface area contributed by atoms with Crippen LogP contribution in [0.4, 0.5) is 4.79 Å². The summed E-state index contributed by atoms with van der Waals surface area (Å²) in [5.41, 5.74) is 0.0444. The van der Waals surface area contributed by atoms with Gasteiger partial charge in [0.1, 0.15) is 17.1 Å². The van der Waals surface area contributed by atoms with Gasteiger partial charge in [-0.2, -0.15) is 0 Å². The first-order valence-corrected chi connectivity index (χ1v) is 10.3.